The number of carbonyl (C=O) groups excluding carboxylic acids is 1. The van der Waals surface area contributed by atoms with Gasteiger partial charge in [-0.15, -0.1) is 0 Å². The molecule has 4 rings (SSSR count). The number of nitrogens with zero attached hydrogens (tertiary/aromatic N) is 3. The molecule has 0 unspecified atom stereocenters. The minimum absolute atomic E-state index is 0.0223. The third kappa shape index (κ3) is 3.74. The van der Waals surface area contributed by atoms with Crippen molar-refractivity contribution in [3.05, 3.63) is 83.3 Å². The summed E-state index contributed by atoms with van der Waals surface area (Å²) >= 11 is 0. The van der Waals surface area contributed by atoms with Crippen LogP contribution < -0.4 is 10.2 Å². The van der Waals surface area contributed by atoms with Crippen LogP contribution in [0.5, 0.6) is 5.75 Å². The molecule has 1 amide bonds. The van der Waals surface area contributed by atoms with Gasteiger partial charge in [0, 0.05) is 32.0 Å². The van der Waals surface area contributed by atoms with E-state index in [0.717, 1.165) is 30.9 Å². The second kappa shape index (κ2) is 7.45. The fraction of sp³-hybridized carbons (Fsp3) is 0.190. The summed E-state index contributed by atoms with van der Waals surface area (Å²) in [6.07, 6.45) is 4.26. The number of fused-ring (bicyclic) bond motifs is 1. The molecule has 6 nitrogen and oxygen atoms in total. The Balaban J connectivity index is 1.38. The Kier molecular flexibility index (Phi) is 4.70. The maximum Gasteiger partial charge on any atom is 0.274 e. The van der Waals surface area contributed by atoms with Crippen LogP contribution in [0.4, 0.5) is 5.82 Å². The molecular weight excluding hydrogens is 340 g/mol. The minimum Gasteiger partial charge on any atom is -0.505 e. The quantitative estimate of drug-likeness (QED) is 0.748. The number of hydrogen-bond donors (Lipinski definition) is 2. The summed E-state index contributed by atoms with van der Waals surface area (Å²) in [5.74, 6) is 0.389. The molecule has 2 N–H and O–H groups in total. The molecular formula is C21H20N4O2. The fourth-order valence-corrected chi connectivity index (χ4v) is 3.24. The van der Waals surface area contributed by atoms with Crippen LogP contribution in [0.1, 0.15) is 27.2 Å². The molecule has 0 radical (unpaired) electrons. The van der Waals surface area contributed by atoms with E-state index < -0.39 is 5.91 Å². The van der Waals surface area contributed by atoms with Crippen molar-refractivity contribution in [2.75, 3.05) is 11.4 Å². The van der Waals surface area contributed by atoms with Crippen LogP contribution in [0.25, 0.3) is 0 Å². The zero-order valence-corrected chi connectivity index (χ0v) is 14.8. The topological polar surface area (TPSA) is 78.4 Å². The second-order valence-corrected chi connectivity index (χ2v) is 6.52. The molecule has 0 spiro atoms. The van der Waals surface area contributed by atoms with E-state index in [4.69, 9.17) is 0 Å². The molecule has 1 aliphatic rings. The second-order valence-electron chi connectivity index (χ2n) is 6.52. The Morgan fingerprint density at radius 2 is 1.93 bits per heavy atom. The van der Waals surface area contributed by atoms with Crippen LogP contribution in [0.15, 0.2) is 60.9 Å². The average molecular weight is 360 g/mol. The normalized spacial score (nSPS) is 13.1. The molecule has 1 aliphatic heterocycles. The van der Waals surface area contributed by atoms with Gasteiger partial charge in [-0.25, -0.2) is 9.97 Å². The Bertz CT molecular complexity index is 956. The van der Waals surface area contributed by atoms with E-state index >= 15 is 0 Å². The number of pyridine rings is 2. The summed E-state index contributed by atoms with van der Waals surface area (Å²) in [7, 11) is 0. The van der Waals surface area contributed by atoms with Gasteiger partial charge in [-0.2, -0.15) is 0 Å². The van der Waals surface area contributed by atoms with Gasteiger partial charge < -0.3 is 15.3 Å². The van der Waals surface area contributed by atoms with Crippen molar-refractivity contribution in [3.8, 4) is 5.75 Å². The van der Waals surface area contributed by atoms with Crippen molar-refractivity contribution in [2.45, 2.75) is 19.5 Å². The van der Waals surface area contributed by atoms with Crippen molar-refractivity contribution in [2.24, 2.45) is 0 Å². The predicted molar refractivity (Wildman–Crippen MR) is 103 cm³/mol. The molecule has 1 aromatic carbocycles. The number of rotatable bonds is 4. The number of aromatic hydroxyl groups is 1. The van der Waals surface area contributed by atoms with Crippen molar-refractivity contribution < 1.29 is 9.90 Å². The Hall–Kier alpha value is -3.41. The zero-order valence-electron chi connectivity index (χ0n) is 14.8. The van der Waals surface area contributed by atoms with Crippen molar-refractivity contribution in [1.29, 1.82) is 0 Å². The summed E-state index contributed by atoms with van der Waals surface area (Å²) in [4.78, 5) is 22.8. The van der Waals surface area contributed by atoms with E-state index in [9.17, 15) is 9.90 Å². The highest BCUT2D eigenvalue weighted by Gasteiger charge is 2.17. The third-order valence-electron chi connectivity index (χ3n) is 4.72. The monoisotopic (exact) mass is 360 g/mol. The molecule has 3 aromatic rings. The minimum atomic E-state index is -0.412. The van der Waals surface area contributed by atoms with Gasteiger partial charge in [0.1, 0.15) is 11.6 Å². The van der Waals surface area contributed by atoms with Gasteiger partial charge in [-0.05, 0) is 41.3 Å². The van der Waals surface area contributed by atoms with Crippen LogP contribution in [0.2, 0.25) is 0 Å². The third-order valence-corrected chi connectivity index (χ3v) is 4.72. The van der Waals surface area contributed by atoms with Crippen LogP contribution in [-0.2, 0) is 19.5 Å². The average Bonchev–Trinajstić information content (AvgIpc) is 2.72. The Morgan fingerprint density at radius 3 is 2.70 bits per heavy atom. The Morgan fingerprint density at radius 1 is 1.07 bits per heavy atom. The molecule has 3 heterocycles. The molecule has 0 atom stereocenters. The first-order valence-corrected chi connectivity index (χ1v) is 8.89. The summed E-state index contributed by atoms with van der Waals surface area (Å²) in [5.41, 5.74) is 3.66. The van der Waals surface area contributed by atoms with E-state index in [0.29, 0.717) is 6.54 Å². The first kappa shape index (κ1) is 17.0. The fourth-order valence-electron chi connectivity index (χ4n) is 3.24. The zero-order chi connectivity index (χ0) is 18.6. The molecule has 0 saturated carbocycles. The number of amides is 1. The number of hydrogen-bond acceptors (Lipinski definition) is 5. The largest absolute Gasteiger partial charge is 0.505 e. The lowest BCUT2D eigenvalue weighted by atomic mass is 10.00. The van der Waals surface area contributed by atoms with Crippen LogP contribution in [-0.4, -0.2) is 27.5 Å². The molecule has 2 aromatic heterocycles. The van der Waals surface area contributed by atoms with Gasteiger partial charge in [0.2, 0.25) is 0 Å². The Labute approximate surface area is 157 Å². The molecule has 136 valence electrons. The van der Waals surface area contributed by atoms with Crippen molar-refractivity contribution in [1.82, 2.24) is 15.3 Å². The van der Waals surface area contributed by atoms with Gasteiger partial charge in [0.15, 0.2) is 5.69 Å². The maximum absolute atomic E-state index is 12.1. The van der Waals surface area contributed by atoms with Crippen molar-refractivity contribution in [3.63, 3.8) is 0 Å². The van der Waals surface area contributed by atoms with E-state index in [1.54, 1.807) is 12.3 Å². The summed E-state index contributed by atoms with van der Waals surface area (Å²) < 4.78 is 0. The molecule has 0 fully saturated rings. The molecule has 27 heavy (non-hydrogen) atoms. The highest BCUT2D eigenvalue weighted by molar-refractivity contribution is 5.94. The summed E-state index contributed by atoms with van der Waals surface area (Å²) in [6, 6.07) is 15.5. The molecule has 0 aliphatic carbocycles. The molecule has 6 heteroatoms. The number of benzene rings is 1. The van der Waals surface area contributed by atoms with E-state index in [-0.39, 0.29) is 11.4 Å². The number of aromatic nitrogens is 2. The van der Waals surface area contributed by atoms with Gasteiger partial charge in [-0.1, -0.05) is 30.3 Å². The first-order valence-electron chi connectivity index (χ1n) is 8.89. The van der Waals surface area contributed by atoms with E-state index in [2.05, 4.69) is 44.5 Å². The first-order chi connectivity index (χ1) is 13.2. The van der Waals surface area contributed by atoms with Gasteiger partial charge in [-0.3, -0.25) is 4.79 Å². The molecule has 0 bridgehead atoms. The lowest BCUT2D eigenvalue weighted by Crippen LogP contribution is -2.31. The highest BCUT2D eigenvalue weighted by Crippen LogP contribution is 2.23. The van der Waals surface area contributed by atoms with Crippen LogP contribution >= 0.6 is 0 Å². The number of nitrogens with one attached hydrogen (secondary N) is 1. The number of anilines is 1. The number of carbonyl (C=O) groups is 1. The van der Waals surface area contributed by atoms with Gasteiger partial charge in [0.05, 0.1) is 0 Å². The lowest BCUT2D eigenvalue weighted by Gasteiger charge is -2.29. The SMILES string of the molecule is O=C(NCc1ccc(N2CCc3ccccc3C2)nc1)c1ncccc1O. The van der Waals surface area contributed by atoms with E-state index in [1.165, 1.54) is 23.4 Å². The summed E-state index contributed by atoms with van der Waals surface area (Å²) in [6.45, 7) is 2.13. The summed E-state index contributed by atoms with van der Waals surface area (Å²) in [5, 5.41) is 12.4. The lowest BCUT2D eigenvalue weighted by molar-refractivity contribution is 0.0943. The van der Waals surface area contributed by atoms with Crippen molar-refractivity contribution >= 4 is 11.7 Å². The maximum atomic E-state index is 12.1. The van der Waals surface area contributed by atoms with E-state index in [1.807, 2.05) is 12.1 Å². The van der Waals surface area contributed by atoms with Gasteiger partial charge >= 0.3 is 0 Å². The standard InChI is InChI=1S/C21H20N4O2/c26-18-6-3-10-22-20(18)21(27)24-13-15-7-8-19(23-12-15)25-11-9-16-4-1-2-5-17(16)14-25/h1-8,10,12,26H,9,11,13-14H2,(H,24,27). The van der Waals surface area contributed by atoms with Crippen LogP contribution in [0, 0.1) is 0 Å². The highest BCUT2D eigenvalue weighted by atomic mass is 16.3. The molecule has 0 saturated heterocycles. The van der Waals surface area contributed by atoms with Gasteiger partial charge in [0.25, 0.3) is 5.91 Å². The smallest absolute Gasteiger partial charge is 0.274 e. The predicted octanol–water partition coefficient (Wildman–Crippen LogP) is 2.67. The van der Waals surface area contributed by atoms with Crippen LogP contribution in [0.3, 0.4) is 0 Å².